The molecule has 0 aliphatic rings. The standard InChI is InChI=1S/C21H23FN2O3/c1-14(2)17-11-8-16(9-12-17)10-13-20(25)23-24-21(26)15(3)27-19-7-5-4-6-18(19)22/h4-15H,1-3H3,(H,23,25)(H,24,26)/b13-10+. The normalized spacial score (nSPS) is 12.0. The van der Waals surface area contributed by atoms with Gasteiger partial charge in [0.25, 0.3) is 11.8 Å². The topological polar surface area (TPSA) is 67.4 Å². The number of ether oxygens (including phenoxy) is 1. The van der Waals surface area contributed by atoms with Gasteiger partial charge >= 0.3 is 0 Å². The molecule has 2 amide bonds. The Bertz CT molecular complexity index is 816. The Kier molecular flexibility index (Phi) is 7.11. The molecule has 0 aliphatic heterocycles. The second kappa shape index (κ2) is 9.52. The minimum absolute atomic E-state index is 0.0313. The number of hydrazine groups is 1. The Morgan fingerprint density at radius 2 is 1.67 bits per heavy atom. The van der Waals surface area contributed by atoms with E-state index in [4.69, 9.17) is 4.74 Å². The van der Waals surface area contributed by atoms with E-state index in [9.17, 15) is 14.0 Å². The summed E-state index contributed by atoms with van der Waals surface area (Å²) in [5, 5.41) is 0. The highest BCUT2D eigenvalue weighted by Gasteiger charge is 2.16. The molecule has 6 heteroatoms. The average Bonchev–Trinajstić information content (AvgIpc) is 2.66. The first kappa shape index (κ1) is 20.2. The van der Waals surface area contributed by atoms with Gasteiger partial charge in [-0.05, 0) is 42.2 Å². The predicted octanol–water partition coefficient (Wildman–Crippen LogP) is 3.58. The molecule has 0 fully saturated rings. The molecule has 0 bridgehead atoms. The van der Waals surface area contributed by atoms with E-state index in [0.29, 0.717) is 5.92 Å². The summed E-state index contributed by atoms with van der Waals surface area (Å²) in [4.78, 5) is 23.8. The first-order chi connectivity index (χ1) is 12.9. The minimum atomic E-state index is -0.977. The fraction of sp³-hybridized carbons (Fsp3) is 0.238. The van der Waals surface area contributed by atoms with Crippen LogP contribution in [-0.4, -0.2) is 17.9 Å². The van der Waals surface area contributed by atoms with Crippen LogP contribution in [0.4, 0.5) is 4.39 Å². The van der Waals surface area contributed by atoms with Crippen LogP contribution in [0.25, 0.3) is 6.08 Å². The zero-order valence-electron chi connectivity index (χ0n) is 15.5. The van der Waals surface area contributed by atoms with E-state index >= 15 is 0 Å². The molecule has 2 rings (SSSR count). The molecule has 2 N–H and O–H groups in total. The van der Waals surface area contributed by atoms with Gasteiger partial charge in [-0.1, -0.05) is 50.2 Å². The summed E-state index contributed by atoms with van der Waals surface area (Å²) in [6, 6.07) is 13.6. The van der Waals surface area contributed by atoms with Crippen LogP contribution in [0.2, 0.25) is 0 Å². The Morgan fingerprint density at radius 1 is 1.00 bits per heavy atom. The summed E-state index contributed by atoms with van der Waals surface area (Å²) in [5.74, 6) is -1.24. The van der Waals surface area contributed by atoms with Crippen LogP contribution in [0.15, 0.2) is 54.6 Å². The third kappa shape index (κ3) is 6.26. The minimum Gasteiger partial charge on any atom is -0.478 e. The van der Waals surface area contributed by atoms with Crippen LogP contribution < -0.4 is 15.6 Å². The quantitative estimate of drug-likeness (QED) is 0.603. The fourth-order valence-corrected chi connectivity index (χ4v) is 2.21. The van der Waals surface area contributed by atoms with E-state index in [1.54, 1.807) is 12.1 Å². The van der Waals surface area contributed by atoms with E-state index in [1.807, 2.05) is 24.3 Å². The number of hydrogen-bond acceptors (Lipinski definition) is 3. The SMILES string of the molecule is CC(Oc1ccccc1F)C(=O)NNC(=O)/C=C/c1ccc(C(C)C)cc1. The molecule has 0 spiro atoms. The van der Waals surface area contributed by atoms with E-state index in [1.165, 1.54) is 36.8 Å². The van der Waals surface area contributed by atoms with E-state index in [2.05, 4.69) is 24.7 Å². The molecule has 0 radical (unpaired) electrons. The molecule has 0 saturated carbocycles. The Labute approximate surface area is 158 Å². The number of para-hydroxylation sites is 1. The number of amides is 2. The van der Waals surface area contributed by atoms with E-state index < -0.39 is 23.7 Å². The molecule has 142 valence electrons. The summed E-state index contributed by atoms with van der Waals surface area (Å²) in [6.45, 7) is 5.68. The molecule has 27 heavy (non-hydrogen) atoms. The van der Waals surface area contributed by atoms with Gasteiger partial charge in [-0.25, -0.2) is 4.39 Å². The lowest BCUT2D eigenvalue weighted by atomic mass is 10.0. The van der Waals surface area contributed by atoms with Crippen molar-refractivity contribution in [1.82, 2.24) is 10.9 Å². The maximum Gasteiger partial charge on any atom is 0.279 e. The van der Waals surface area contributed by atoms with Gasteiger partial charge in [0.2, 0.25) is 0 Å². The monoisotopic (exact) mass is 370 g/mol. The molecule has 2 aromatic rings. The van der Waals surface area contributed by atoms with Gasteiger partial charge in [0.1, 0.15) is 0 Å². The molecule has 0 saturated heterocycles. The second-order valence-corrected chi connectivity index (χ2v) is 6.32. The third-order valence-electron chi connectivity index (χ3n) is 3.85. The smallest absolute Gasteiger partial charge is 0.279 e. The number of benzene rings is 2. The van der Waals surface area contributed by atoms with Crippen molar-refractivity contribution in [3.8, 4) is 5.75 Å². The van der Waals surface area contributed by atoms with Gasteiger partial charge in [-0.3, -0.25) is 20.4 Å². The summed E-state index contributed by atoms with van der Waals surface area (Å²) in [7, 11) is 0. The van der Waals surface area contributed by atoms with Crippen LogP contribution in [0, 0.1) is 5.82 Å². The highest BCUT2D eigenvalue weighted by Crippen LogP contribution is 2.17. The summed E-state index contributed by atoms with van der Waals surface area (Å²) < 4.78 is 18.8. The number of hydrogen-bond donors (Lipinski definition) is 2. The zero-order chi connectivity index (χ0) is 19.8. The molecule has 2 aromatic carbocycles. The molecular formula is C21H23FN2O3. The summed E-state index contributed by atoms with van der Waals surface area (Å²) in [5.41, 5.74) is 6.60. The molecule has 0 aromatic heterocycles. The first-order valence-electron chi connectivity index (χ1n) is 8.66. The van der Waals surface area contributed by atoms with Crippen molar-refractivity contribution < 1.29 is 18.7 Å². The van der Waals surface area contributed by atoms with Crippen LogP contribution in [-0.2, 0) is 9.59 Å². The highest BCUT2D eigenvalue weighted by molar-refractivity contribution is 5.93. The fourth-order valence-electron chi connectivity index (χ4n) is 2.21. The van der Waals surface area contributed by atoms with Crippen LogP contribution in [0.5, 0.6) is 5.75 Å². The van der Waals surface area contributed by atoms with Crippen molar-refractivity contribution in [2.75, 3.05) is 0 Å². The molecular weight excluding hydrogens is 347 g/mol. The van der Waals surface area contributed by atoms with Crippen LogP contribution in [0.1, 0.15) is 37.8 Å². The zero-order valence-corrected chi connectivity index (χ0v) is 15.5. The van der Waals surface area contributed by atoms with E-state index in [-0.39, 0.29) is 5.75 Å². The van der Waals surface area contributed by atoms with E-state index in [0.717, 1.165) is 5.56 Å². The first-order valence-corrected chi connectivity index (χ1v) is 8.66. The van der Waals surface area contributed by atoms with Gasteiger partial charge in [0.05, 0.1) is 0 Å². The molecule has 0 aliphatic carbocycles. The van der Waals surface area contributed by atoms with Gasteiger partial charge in [-0.15, -0.1) is 0 Å². The number of carbonyl (C=O) groups excluding carboxylic acids is 2. The highest BCUT2D eigenvalue weighted by atomic mass is 19.1. The largest absolute Gasteiger partial charge is 0.478 e. The second-order valence-electron chi connectivity index (χ2n) is 6.32. The lowest BCUT2D eigenvalue weighted by Gasteiger charge is -2.15. The maximum absolute atomic E-state index is 13.5. The predicted molar refractivity (Wildman–Crippen MR) is 102 cm³/mol. The molecule has 1 atom stereocenters. The third-order valence-corrected chi connectivity index (χ3v) is 3.85. The van der Waals surface area contributed by atoms with Crippen molar-refractivity contribution in [3.05, 3.63) is 71.6 Å². The number of halogens is 1. The van der Waals surface area contributed by atoms with Crippen LogP contribution in [0.3, 0.4) is 0 Å². The summed E-state index contributed by atoms with van der Waals surface area (Å²) in [6.07, 6.45) is 1.98. The molecule has 1 unspecified atom stereocenters. The summed E-state index contributed by atoms with van der Waals surface area (Å²) >= 11 is 0. The molecule has 0 heterocycles. The van der Waals surface area contributed by atoms with Gasteiger partial charge in [0.15, 0.2) is 17.7 Å². The van der Waals surface area contributed by atoms with Gasteiger partial charge in [0, 0.05) is 6.08 Å². The number of rotatable bonds is 6. The maximum atomic E-state index is 13.5. The lowest BCUT2D eigenvalue weighted by molar-refractivity contribution is -0.131. The van der Waals surface area contributed by atoms with Crippen molar-refractivity contribution in [3.63, 3.8) is 0 Å². The Hall–Kier alpha value is -3.15. The molecule has 5 nitrogen and oxygen atoms in total. The Balaban J connectivity index is 1.81. The lowest BCUT2D eigenvalue weighted by Crippen LogP contribution is -2.46. The Morgan fingerprint density at radius 3 is 2.30 bits per heavy atom. The van der Waals surface area contributed by atoms with Crippen LogP contribution >= 0.6 is 0 Å². The van der Waals surface area contributed by atoms with Crippen molar-refractivity contribution in [2.24, 2.45) is 0 Å². The van der Waals surface area contributed by atoms with Crippen molar-refractivity contribution in [2.45, 2.75) is 32.8 Å². The van der Waals surface area contributed by atoms with Gasteiger partial charge < -0.3 is 4.74 Å². The number of nitrogens with one attached hydrogen (secondary N) is 2. The average molecular weight is 370 g/mol. The van der Waals surface area contributed by atoms with Crippen molar-refractivity contribution >= 4 is 17.9 Å². The number of carbonyl (C=O) groups is 2. The van der Waals surface area contributed by atoms with Gasteiger partial charge in [-0.2, -0.15) is 0 Å². The van der Waals surface area contributed by atoms with Crippen molar-refractivity contribution in [1.29, 1.82) is 0 Å².